The van der Waals surface area contributed by atoms with Gasteiger partial charge in [0.2, 0.25) is 10.0 Å². The molecule has 0 saturated heterocycles. The fourth-order valence-electron chi connectivity index (χ4n) is 2.15. The first-order valence-electron chi connectivity index (χ1n) is 7.63. The first kappa shape index (κ1) is 18.8. The second-order valence-electron chi connectivity index (χ2n) is 5.25. The maximum Gasteiger partial charge on any atom is 0.321 e. The van der Waals surface area contributed by atoms with Crippen LogP contribution in [0.5, 0.6) is 0 Å². The zero-order valence-electron chi connectivity index (χ0n) is 13.8. The van der Waals surface area contributed by atoms with Gasteiger partial charge in [-0.15, -0.1) is 11.3 Å². The molecular formula is C17H13N3O5S2. The van der Waals surface area contributed by atoms with E-state index in [1.54, 1.807) is 18.2 Å². The van der Waals surface area contributed by atoms with Crippen LogP contribution in [-0.4, -0.2) is 26.1 Å². The van der Waals surface area contributed by atoms with Gasteiger partial charge in [0, 0.05) is 6.07 Å². The molecule has 0 unspecified atom stereocenters. The summed E-state index contributed by atoms with van der Waals surface area (Å²) in [7, 11) is -4.01. The average Bonchev–Trinajstić information content (AvgIpc) is 3.36. The molecule has 8 nitrogen and oxygen atoms in total. The van der Waals surface area contributed by atoms with E-state index in [1.165, 1.54) is 29.5 Å². The van der Waals surface area contributed by atoms with Crippen molar-refractivity contribution in [3.63, 3.8) is 0 Å². The van der Waals surface area contributed by atoms with E-state index < -0.39 is 22.5 Å². The number of benzene rings is 1. The van der Waals surface area contributed by atoms with Crippen LogP contribution in [-0.2, 0) is 26.2 Å². The molecule has 0 amide bonds. The molecule has 2 aromatic heterocycles. The van der Waals surface area contributed by atoms with Crippen LogP contribution in [0.25, 0.3) is 10.6 Å². The lowest BCUT2D eigenvalue weighted by Gasteiger charge is -2.07. The van der Waals surface area contributed by atoms with Crippen molar-refractivity contribution in [2.45, 2.75) is 11.5 Å². The molecule has 0 aliphatic carbocycles. The average molecular weight is 403 g/mol. The lowest BCUT2D eigenvalue weighted by molar-refractivity contribution is -0.143. The number of rotatable bonds is 7. The maximum atomic E-state index is 12.2. The Bertz CT molecular complexity index is 1080. The number of hydrogen-bond acceptors (Lipinski definition) is 8. The molecule has 0 radical (unpaired) electrons. The SMILES string of the molecule is N#Cc1ccccc1S(=O)(=O)NCC(=O)OCc1cc(-c2cccs2)on1. The highest BCUT2D eigenvalue weighted by atomic mass is 32.2. The first-order chi connectivity index (χ1) is 13.0. The van der Waals surface area contributed by atoms with Gasteiger partial charge in [-0.2, -0.15) is 9.98 Å². The van der Waals surface area contributed by atoms with E-state index in [4.69, 9.17) is 14.5 Å². The molecule has 0 saturated carbocycles. The van der Waals surface area contributed by atoms with Gasteiger partial charge in [0.1, 0.15) is 24.9 Å². The molecule has 1 N–H and O–H groups in total. The van der Waals surface area contributed by atoms with E-state index in [2.05, 4.69) is 9.88 Å². The zero-order chi connectivity index (χ0) is 19.3. The number of nitrogens with zero attached hydrogens (tertiary/aromatic N) is 2. The van der Waals surface area contributed by atoms with Crippen molar-refractivity contribution in [3.05, 3.63) is 59.1 Å². The number of nitriles is 1. The topological polar surface area (TPSA) is 122 Å². The standard InChI is InChI=1S/C17H13N3O5S2/c18-9-12-4-1-2-6-16(12)27(22,23)19-10-17(21)24-11-13-8-14(25-20-13)15-5-3-7-26-15/h1-8,19H,10-11H2. The zero-order valence-corrected chi connectivity index (χ0v) is 15.4. The lowest BCUT2D eigenvalue weighted by atomic mass is 10.2. The molecule has 1 aromatic carbocycles. The third-order valence-electron chi connectivity index (χ3n) is 3.41. The van der Waals surface area contributed by atoms with Crippen LogP contribution < -0.4 is 4.72 Å². The molecule has 0 spiro atoms. The van der Waals surface area contributed by atoms with E-state index in [-0.39, 0.29) is 17.1 Å². The quantitative estimate of drug-likeness (QED) is 0.601. The van der Waals surface area contributed by atoms with E-state index in [0.717, 1.165) is 4.88 Å². The van der Waals surface area contributed by atoms with Gasteiger partial charge in [0.05, 0.1) is 15.3 Å². The fraction of sp³-hybridized carbons (Fsp3) is 0.118. The lowest BCUT2D eigenvalue weighted by Crippen LogP contribution is -2.31. The number of carbonyl (C=O) groups excluding carboxylic acids is 1. The van der Waals surface area contributed by atoms with Crippen molar-refractivity contribution in [2.24, 2.45) is 0 Å². The second-order valence-corrected chi connectivity index (χ2v) is 7.94. The van der Waals surface area contributed by atoms with Crippen LogP contribution in [0.1, 0.15) is 11.3 Å². The van der Waals surface area contributed by atoms with Crippen molar-refractivity contribution in [2.75, 3.05) is 6.54 Å². The number of ether oxygens (including phenoxy) is 1. The Labute approximate surface area is 159 Å². The number of esters is 1. The highest BCUT2D eigenvalue weighted by Crippen LogP contribution is 2.25. The smallest absolute Gasteiger partial charge is 0.321 e. The van der Waals surface area contributed by atoms with Crippen molar-refractivity contribution in [3.8, 4) is 16.7 Å². The van der Waals surface area contributed by atoms with Crippen LogP contribution in [0.4, 0.5) is 0 Å². The summed E-state index contributed by atoms with van der Waals surface area (Å²) in [6.45, 7) is -0.720. The molecule has 0 fully saturated rings. The summed E-state index contributed by atoms with van der Waals surface area (Å²) >= 11 is 1.48. The summed E-state index contributed by atoms with van der Waals surface area (Å²) < 4.78 is 36.7. The Morgan fingerprint density at radius 3 is 2.85 bits per heavy atom. The van der Waals surface area contributed by atoms with E-state index in [9.17, 15) is 13.2 Å². The second kappa shape index (κ2) is 8.13. The first-order valence-corrected chi connectivity index (χ1v) is 10.00. The largest absolute Gasteiger partial charge is 0.458 e. The summed E-state index contributed by atoms with van der Waals surface area (Å²) in [5.74, 6) is -0.224. The highest BCUT2D eigenvalue weighted by Gasteiger charge is 2.19. The number of nitrogens with one attached hydrogen (secondary N) is 1. The Kier molecular flexibility index (Phi) is 5.66. The van der Waals surface area contributed by atoms with Gasteiger partial charge < -0.3 is 9.26 Å². The molecule has 138 valence electrons. The Hall–Kier alpha value is -3.00. The van der Waals surface area contributed by atoms with Crippen molar-refractivity contribution < 1.29 is 22.5 Å². The summed E-state index contributed by atoms with van der Waals surface area (Å²) in [6, 6.07) is 12.9. The van der Waals surface area contributed by atoms with Crippen LogP contribution in [0.15, 0.2) is 57.3 Å². The van der Waals surface area contributed by atoms with Crippen molar-refractivity contribution in [1.82, 2.24) is 9.88 Å². The van der Waals surface area contributed by atoms with E-state index >= 15 is 0 Å². The number of aromatic nitrogens is 1. The van der Waals surface area contributed by atoms with Crippen LogP contribution in [0.3, 0.4) is 0 Å². The van der Waals surface area contributed by atoms with Gasteiger partial charge in [-0.05, 0) is 23.6 Å². The molecule has 10 heteroatoms. The van der Waals surface area contributed by atoms with E-state index in [0.29, 0.717) is 11.5 Å². The predicted octanol–water partition coefficient (Wildman–Crippen LogP) is 2.30. The molecule has 0 bridgehead atoms. The normalized spacial score (nSPS) is 11.1. The summed E-state index contributed by atoms with van der Waals surface area (Å²) in [5, 5.41) is 14.7. The molecule has 0 aliphatic rings. The number of hydrogen-bond donors (Lipinski definition) is 1. The summed E-state index contributed by atoms with van der Waals surface area (Å²) in [6.07, 6.45) is 0. The minimum absolute atomic E-state index is 0.0120. The van der Waals surface area contributed by atoms with Gasteiger partial charge in [-0.3, -0.25) is 4.79 Å². The molecule has 3 aromatic rings. The molecular weight excluding hydrogens is 390 g/mol. The van der Waals surface area contributed by atoms with Crippen LogP contribution >= 0.6 is 11.3 Å². The third-order valence-corrected chi connectivity index (χ3v) is 5.75. The van der Waals surface area contributed by atoms with Gasteiger partial charge in [-0.25, -0.2) is 8.42 Å². The van der Waals surface area contributed by atoms with E-state index in [1.807, 2.05) is 17.5 Å². The van der Waals surface area contributed by atoms with Gasteiger partial charge in [0.25, 0.3) is 0 Å². The number of sulfonamides is 1. The molecule has 3 rings (SSSR count). The molecule has 0 atom stereocenters. The summed E-state index contributed by atoms with van der Waals surface area (Å²) in [5.41, 5.74) is 0.395. The molecule has 0 aliphatic heterocycles. The number of carbonyl (C=O) groups is 1. The Morgan fingerprint density at radius 2 is 2.11 bits per heavy atom. The monoisotopic (exact) mass is 403 g/mol. The molecule has 2 heterocycles. The Morgan fingerprint density at radius 1 is 1.30 bits per heavy atom. The predicted molar refractivity (Wildman–Crippen MR) is 96.0 cm³/mol. The number of thiophene rings is 1. The Balaban J connectivity index is 1.55. The van der Waals surface area contributed by atoms with Gasteiger partial charge >= 0.3 is 5.97 Å². The van der Waals surface area contributed by atoms with Crippen molar-refractivity contribution in [1.29, 1.82) is 5.26 Å². The minimum atomic E-state index is -4.01. The van der Waals surface area contributed by atoms with Crippen LogP contribution in [0, 0.1) is 11.3 Å². The van der Waals surface area contributed by atoms with Gasteiger partial charge in [-0.1, -0.05) is 23.4 Å². The van der Waals surface area contributed by atoms with Crippen LogP contribution in [0.2, 0.25) is 0 Å². The third kappa shape index (κ3) is 4.59. The fourth-order valence-corrected chi connectivity index (χ4v) is 3.94. The molecule has 27 heavy (non-hydrogen) atoms. The minimum Gasteiger partial charge on any atom is -0.458 e. The summed E-state index contributed by atoms with van der Waals surface area (Å²) in [4.78, 5) is 12.5. The highest BCUT2D eigenvalue weighted by molar-refractivity contribution is 7.89. The van der Waals surface area contributed by atoms with Crippen molar-refractivity contribution >= 4 is 27.3 Å². The van der Waals surface area contributed by atoms with Gasteiger partial charge in [0.15, 0.2) is 5.76 Å². The maximum absolute atomic E-state index is 12.2.